The largest absolute Gasteiger partial charge is 0.504 e. The van der Waals surface area contributed by atoms with Gasteiger partial charge in [-0.15, -0.1) is 0 Å². The van der Waals surface area contributed by atoms with E-state index in [0.29, 0.717) is 30.1 Å². The summed E-state index contributed by atoms with van der Waals surface area (Å²) in [6.07, 6.45) is 2.54. The second-order valence-corrected chi connectivity index (χ2v) is 5.70. The minimum absolute atomic E-state index is 0.338. The molecule has 2 N–H and O–H groups in total. The van der Waals surface area contributed by atoms with Gasteiger partial charge in [0.25, 0.3) is 0 Å². The summed E-state index contributed by atoms with van der Waals surface area (Å²) in [4.78, 5) is 2.51. The molecule has 0 radical (unpaired) electrons. The minimum atomic E-state index is 0.338. The Bertz CT molecular complexity index is 454. The normalized spacial score (nSPS) is 21.6. The fourth-order valence-electron chi connectivity index (χ4n) is 3.17. The van der Waals surface area contributed by atoms with Crippen molar-refractivity contribution in [2.24, 2.45) is 5.92 Å². The number of hydrogen-bond donors (Lipinski definition) is 2. The highest BCUT2D eigenvalue weighted by Crippen LogP contribution is 2.48. The Labute approximate surface area is 120 Å². The monoisotopic (exact) mass is 276 g/mol. The zero-order valence-electron chi connectivity index (χ0n) is 12.1. The van der Waals surface area contributed by atoms with Crippen LogP contribution in [-0.4, -0.2) is 42.8 Å². The highest BCUT2D eigenvalue weighted by atomic mass is 16.5. The number of phenols is 1. The summed E-state index contributed by atoms with van der Waals surface area (Å²) in [7, 11) is 0. The number of aromatic hydroxyl groups is 1. The third kappa shape index (κ3) is 2.76. The predicted octanol–water partition coefficient (Wildman–Crippen LogP) is 2.15. The van der Waals surface area contributed by atoms with Crippen molar-refractivity contribution in [3.8, 4) is 11.5 Å². The first-order valence-corrected chi connectivity index (χ1v) is 7.70. The summed E-state index contributed by atoms with van der Waals surface area (Å²) >= 11 is 0. The van der Waals surface area contributed by atoms with Crippen LogP contribution in [0.15, 0.2) is 18.2 Å². The molecule has 1 atom stereocenters. The molecule has 4 nitrogen and oxygen atoms in total. The quantitative estimate of drug-likeness (QED) is 0.865. The van der Waals surface area contributed by atoms with Crippen LogP contribution in [0.25, 0.3) is 0 Å². The molecule has 0 spiro atoms. The second-order valence-electron chi connectivity index (χ2n) is 5.70. The Morgan fingerprint density at radius 2 is 2.10 bits per heavy atom. The SMILES string of the molecule is CCOc1cccc([C@H](C2CC2)N2CCNCC2)c1O. The highest BCUT2D eigenvalue weighted by molar-refractivity contribution is 5.47. The van der Waals surface area contributed by atoms with Gasteiger partial charge in [0, 0.05) is 37.8 Å². The molecule has 1 aromatic carbocycles. The first-order valence-electron chi connectivity index (χ1n) is 7.70. The molecule has 2 fully saturated rings. The van der Waals surface area contributed by atoms with Crippen molar-refractivity contribution in [3.05, 3.63) is 23.8 Å². The summed E-state index contributed by atoms with van der Waals surface area (Å²) in [6.45, 7) is 6.71. The van der Waals surface area contributed by atoms with Crippen molar-refractivity contribution in [1.82, 2.24) is 10.2 Å². The number of rotatable bonds is 5. The molecule has 1 aromatic rings. The number of piperazine rings is 1. The molecule has 3 rings (SSSR count). The number of phenolic OH excluding ortho intramolecular Hbond substituents is 1. The second kappa shape index (κ2) is 6.02. The van der Waals surface area contributed by atoms with Crippen molar-refractivity contribution in [1.29, 1.82) is 0 Å². The molecule has 1 aliphatic heterocycles. The van der Waals surface area contributed by atoms with Crippen molar-refractivity contribution < 1.29 is 9.84 Å². The molecule has 1 heterocycles. The lowest BCUT2D eigenvalue weighted by Gasteiger charge is -2.35. The topological polar surface area (TPSA) is 44.7 Å². The lowest BCUT2D eigenvalue weighted by atomic mass is 9.98. The van der Waals surface area contributed by atoms with Crippen molar-refractivity contribution >= 4 is 0 Å². The van der Waals surface area contributed by atoms with Crippen LogP contribution in [-0.2, 0) is 0 Å². The van der Waals surface area contributed by atoms with Gasteiger partial charge in [0.05, 0.1) is 6.61 Å². The minimum Gasteiger partial charge on any atom is -0.504 e. The number of hydrogen-bond acceptors (Lipinski definition) is 4. The van der Waals surface area contributed by atoms with Gasteiger partial charge in [-0.2, -0.15) is 0 Å². The van der Waals surface area contributed by atoms with E-state index in [-0.39, 0.29) is 0 Å². The maximum atomic E-state index is 10.5. The Morgan fingerprint density at radius 3 is 2.75 bits per heavy atom. The average molecular weight is 276 g/mol. The number of para-hydroxylation sites is 1. The Balaban J connectivity index is 1.88. The third-order valence-corrected chi connectivity index (χ3v) is 4.26. The predicted molar refractivity (Wildman–Crippen MR) is 79.2 cm³/mol. The van der Waals surface area contributed by atoms with E-state index < -0.39 is 0 Å². The molecule has 2 aliphatic rings. The third-order valence-electron chi connectivity index (χ3n) is 4.26. The number of benzene rings is 1. The Kier molecular flexibility index (Phi) is 4.13. The van der Waals surface area contributed by atoms with Crippen molar-refractivity contribution in [3.63, 3.8) is 0 Å². The van der Waals surface area contributed by atoms with Gasteiger partial charge in [-0.25, -0.2) is 0 Å². The van der Waals surface area contributed by atoms with E-state index in [2.05, 4.69) is 16.3 Å². The summed E-state index contributed by atoms with van der Waals surface area (Å²) in [6, 6.07) is 6.25. The van der Waals surface area contributed by atoms with Gasteiger partial charge in [-0.1, -0.05) is 12.1 Å². The number of nitrogens with one attached hydrogen (secondary N) is 1. The van der Waals surface area contributed by atoms with E-state index in [1.165, 1.54) is 12.8 Å². The van der Waals surface area contributed by atoms with E-state index in [1.807, 2.05) is 19.1 Å². The summed E-state index contributed by atoms with van der Waals surface area (Å²) in [5, 5.41) is 13.9. The van der Waals surface area contributed by atoms with E-state index in [9.17, 15) is 5.11 Å². The van der Waals surface area contributed by atoms with Gasteiger partial charge in [-0.05, 0) is 31.7 Å². The van der Waals surface area contributed by atoms with E-state index in [1.54, 1.807) is 0 Å². The smallest absolute Gasteiger partial charge is 0.162 e. The molecule has 20 heavy (non-hydrogen) atoms. The lowest BCUT2D eigenvalue weighted by Crippen LogP contribution is -2.45. The standard InChI is InChI=1S/C16H24N2O2/c1-2-20-14-5-3-4-13(16(14)19)15(12-6-7-12)18-10-8-17-9-11-18/h3-5,12,15,17,19H,2,6-11H2,1H3/t15-/m0/s1. The van der Waals surface area contributed by atoms with Crippen LogP contribution in [0.3, 0.4) is 0 Å². The maximum Gasteiger partial charge on any atom is 0.162 e. The fraction of sp³-hybridized carbons (Fsp3) is 0.625. The van der Waals surface area contributed by atoms with Crippen LogP contribution in [0, 0.1) is 5.92 Å². The van der Waals surface area contributed by atoms with Crippen LogP contribution in [0.2, 0.25) is 0 Å². The van der Waals surface area contributed by atoms with Crippen LogP contribution < -0.4 is 10.1 Å². The molecular weight excluding hydrogens is 252 g/mol. The zero-order valence-corrected chi connectivity index (χ0v) is 12.1. The average Bonchev–Trinajstić information content (AvgIpc) is 3.29. The summed E-state index contributed by atoms with van der Waals surface area (Å²) < 4.78 is 5.53. The Hall–Kier alpha value is -1.26. The first kappa shape index (κ1) is 13.7. The number of ether oxygens (including phenoxy) is 1. The van der Waals surface area contributed by atoms with Gasteiger partial charge in [0.1, 0.15) is 0 Å². The molecule has 1 aliphatic carbocycles. The van der Waals surface area contributed by atoms with Gasteiger partial charge in [-0.3, -0.25) is 4.90 Å². The molecule has 0 aromatic heterocycles. The van der Waals surface area contributed by atoms with E-state index in [4.69, 9.17) is 4.74 Å². The molecule has 110 valence electrons. The van der Waals surface area contributed by atoms with Crippen LogP contribution in [0.5, 0.6) is 11.5 Å². The van der Waals surface area contributed by atoms with Gasteiger partial charge >= 0.3 is 0 Å². The van der Waals surface area contributed by atoms with Crippen LogP contribution in [0.4, 0.5) is 0 Å². The molecule has 4 heteroatoms. The molecule has 1 saturated carbocycles. The molecule has 1 saturated heterocycles. The van der Waals surface area contributed by atoms with Gasteiger partial charge < -0.3 is 15.2 Å². The summed E-state index contributed by atoms with van der Waals surface area (Å²) in [5.74, 6) is 1.64. The molecule has 0 amide bonds. The maximum absolute atomic E-state index is 10.5. The first-order chi connectivity index (χ1) is 9.81. The van der Waals surface area contributed by atoms with Gasteiger partial charge in [0.15, 0.2) is 11.5 Å². The fourth-order valence-corrected chi connectivity index (χ4v) is 3.17. The van der Waals surface area contributed by atoms with Crippen molar-refractivity contribution in [2.45, 2.75) is 25.8 Å². The van der Waals surface area contributed by atoms with Crippen LogP contribution in [0.1, 0.15) is 31.4 Å². The Morgan fingerprint density at radius 1 is 1.35 bits per heavy atom. The molecule has 0 unspecified atom stereocenters. The molecule has 0 bridgehead atoms. The van der Waals surface area contributed by atoms with Gasteiger partial charge in [0.2, 0.25) is 0 Å². The highest BCUT2D eigenvalue weighted by Gasteiger charge is 2.38. The van der Waals surface area contributed by atoms with E-state index in [0.717, 1.165) is 31.7 Å². The van der Waals surface area contributed by atoms with Crippen LogP contribution >= 0.6 is 0 Å². The molecular formula is C16H24N2O2. The van der Waals surface area contributed by atoms with E-state index >= 15 is 0 Å². The number of nitrogens with zero attached hydrogens (tertiary/aromatic N) is 1. The van der Waals surface area contributed by atoms with Crippen molar-refractivity contribution in [2.75, 3.05) is 32.8 Å². The lowest BCUT2D eigenvalue weighted by molar-refractivity contribution is 0.153. The zero-order chi connectivity index (χ0) is 13.9. The summed E-state index contributed by atoms with van der Waals surface area (Å²) in [5.41, 5.74) is 1.04.